The second-order valence-corrected chi connectivity index (χ2v) is 3.32. The maximum atomic E-state index is 5.83. The van der Waals surface area contributed by atoms with Crippen molar-refractivity contribution < 1.29 is 0 Å². The summed E-state index contributed by atoms with van der Waals surface area (Å²) >= 11 is 5.83. The van der Waals surface area contributed by atoms with E-state index in [9.17, 15) is 0 Å². The van der Waals surface area contributed by atoms with Crippen molar-refractivity contribution >= 4 is 22.5 Å². The van der Waals surface area contributed by atoms with Crippen LogP contribution >= 0.6 is 11.6 Å². The van der Waals surface area contributed by atoms with E-state index in [1.165, 1.54) is 0 Å². The number of nitrogens with zero attached hydrogens (tertiary/aromatic N) is 2. The molecule has 0 radical (unpaired) electrons. The standard InChI is InChI=1S/C9H10ClN3/c10-8-2-1-7-6-13(4-3-11)12-9(7)5-8/h1-2,5-6H,3-4,11H2. The minimum Gasteiger partial charge on any atom is -0.329 e. The Labute approximate surface area is 81.1 Å². The van der Waals surface area contributed by atoms with Crippen molar-refractivity contribution in [1.29, 1.82) is 0 Å². The van der Waals surface area contributed by atoms with Crippen LogP contribution in [-0.2, 0) is 6.54 Å². The van der Waals surface area contributed by atoms with Crippen molar-refractivity contribution in [2.45, 2.75) is 6.54 Å². The molecule has 0 unspecified atom stereocenters. The summed E-state index contributed by atoms with van der Waals surface area (Å²) in [5, 5.41) is 6.12. The number of hydrogen-bond donors (Lipinski definition) is 1. The normalized spacial score (nSPS) is 10.9. The molecule has 0 fully saturated rings. The number of halogens is 1. The van der Waals surface area contributed by atoms with Crippen LogP contribution in [0.2, 0.25) is 5.02 Å². The molecule has 0 saturated heterocycles. The van der Waals surface area contributed by atoms with Crippen LogP contribution in [0, 0.1) is 0 Å². The van der Waals surface area contributed by atoms with Crippen molar-refractivity contribution in [2.24, 2.45) is 5.73 Å². The lowest BCUT2D eigenvalue weighted by molar-refractivity contribution is 0.632. The Morgan fingerprint density at radius 3 is 3.08 bits per heavy atom. The van der Waals surface area contributed by atoms with E-state index in [2.05, 4.69) is 5.10 Å². The maximum absolute atomic E-state index is 5.83. The summed E-state index contributed by atoms with van der Waals surface area (Å²) in [7, 11) is 0. The van der Waals surface area contributed by atoms with E-state index < -0.39 is 0 Å². The summed E-state index contributed by atoms with van der Waals surface area (Å²) in [5.41, 5.74) is 6.34. The molecule has 2 rings (SSSR count). The first-order valence-electron chi connectivity index (χ1n) is 4.12. The maximum Gasteiger partial charge on any atom is 0.0938 e. The zero-order chi connectivity index (χ0) is 9.26. The predicted octanol–water partition coefficient (Wildman–Crippen LogP) is 1.65. The number of rotatable bonds is 2. The fourth-order valence-corrected chi connectivity index (χ4v) is 1.45. The van der Waals surface area contributed by atoms with Gasteiger partial charge in [0, 0.05) is 23.2 Å². The van der Waals surface area contributed by atoms with Gasteiger partial charge >= 0.3 is 0 Å². The summed E-state index contributed by atoms with van der Waals surface area (Å²) in [6.45, 7) is 1.34. The van der Waals surface area contributed by atoms with Crippen LogP contribution < -0.4 is 5.73 Å². The first-order valence-corrected chi connectivity index (χ1v) is 4.50. The number of hydrogen-bond acceptors (Lipinski definition) is 2. The highest BCUT2D eigenvalue weighted by atomic mass is 35.5. The first kappa shape index (κ1) is 8.53. The number of nitrogens with two attached hydrogens (primary N) is 1. The van der Waals surface area contributed by atoms with Crippen LogP contribution in [-0.4, -0.2) is 16.3 Å². The molecule has 0 aliphatic rings. The third-order valence-corrected chi connectivity index (χ3v) is 2.11. The van der Waals surface area contributed by atoms with E-state index >= 15 is 0 Å². The lowest BCUT2D eigenvalue weighted by Gasteiger charge is -1.93. The zero-order valence-electron chi connectivity index (χ0n) is 7.07. The second-order valence-electron chi connectivity index (χ2n) is 2.88. The van der Waals surface area contributed by atoms with Gasteiger partial charge in [-0.3, -0.25) is 4.68 Å². The molecule has 68 valence electrons. The molecular weight excluding hydrogens is 186 g/mol. The van der Waals surface area contributed by atoms with Gasteiger partial charge in [0.05, 0.1) is 12.1 Å². The molecule has 0 aliphatic heterocycles. The third-order valence-electron chi connectivity index (χ3n) is 1.87. The molecule has 2 aromatic rings. The van der Waals surface area contributed by atoms with Gasteiger partial charge < -0.3 is 5.73 Å². The number of aromatic nitrogens is 2. The molecule has 0 spiro atoms. The van der Waals surface area contributed by atoms with E-state index in [1.807, 2.05) is 29.1 Å². The SMILES string of the molecule is NCCn1cc2ccc(Cl)cc2n1. The van der Waals surface area contributed by atoms with E-state index in [-0.39, 0.29) is 0 Å². The Morgan fingerprint density at radius 2 is 2.31 bits per heavy atom. The Balaban J connectivity index is 2.49. The average molecular weight is 196 g/mol. The molecule has 4 heteroatoms. The molecule has 1 aromatic heterocycles. The molecule has 13 heavy (non-hydrogen) atoms. The van der Waals surface area contributed by atoms with Gasteiger partial charge in [0.15, 0.2) is 0 Å². The van der Waals surface area contributed by atoms with Crippen LogP contribution in [0.5, 0.6) is 0 Å². The van der Waals surface area contributed by atoms with Gasteiger partial charge in [-0.2, -0.15) is 5.10 Å². The van der Waals surface area contributed by atoms with Crippen LogP contribution in [0.4, 0.5) is 0 Å². The molecule has 0 saturated carbocycles. The molecular formula is C9H10ClN3. The molecule has 3 nitrogen and oxygen atoms in total. The van der Waals surface area contributed by atoms with E-state index in [0.29, 0.717) is 11.6 Å². The van der Waals surface area contributed by atoms with Gasteiger partial charge in [0.2, 0.25) is 0 Å². The molecule has 1 heterocycles. The van der Waals surface area contributed by atoms with Crippen LogP contribution in [0.25, 0.3) is 10.9 Å². The second kappa shape index (κ2) is 3.36. The molecule has 2 N–H and O–H groups in total. The van der Waals surface area contributed by atoms with Crippen molar-refractivity contribution in [1.82, 2.24) is 9.78 Å². The highest BCUT2D eigenvalue weighted by Gasteiger charge is 1.99. The largest absolute Gasteiger partial charge is 0.329 e. The fraction of sp³-hybridized carbons (Fsp3) is 0.222. The third kappa shape index (κ3) is 1.66. The molecule has 0 aliphatic carbocycles. The molecule has 0 bridgehead atoms. The van der Waals surface area contributed by atoms with Crippen LogP contribution in [0.1, 0.15) is 0 Å². The van der Waals surface area contributed by atoms with Crippen molar-refractivity contribution in [2.75, 3.05) is 6.54 Å². The van der Waals surface area contributed by atoms with E-state index in [4.69, 9.17) is 17.3 Å². The Kier molecular flexibility index (Phi) is 2.20. The Morgan fingerprint density at radius 1 is 1.46 bits per heavy atom. The topological polar surface area (TPSA) is 43.8 Å². The van der Waals surface area contributed by atoms with Gasteiger partial charge in [-0.15, -0.1) is 0 Å². The first-order chi connectivity index (χ1) is 6.29. The van der Waals surface area contributed by atoms with Gasteiger partial charge in [0.25, 0.3) is 0 Å². The molecule has 1 aromatic carbocycles. The minimum atomic E-state index is 0.599. The summed E-state index contributed by atoms with van der Waals surface area (Å²) < 4.78 is 1.83. The quantitative estimate of drug-likeness (QED) is 0.792. The van der Waals surface area contributed by atoms with Crippen molar-refractivity contribution in [3.63, 3.8) is 0 Å². The Hall–Kier alpha value is -1.06. The lowest BCUT2D eigenvalue weighted by atomic mass is 10.3. The van der Waals surface area contributed by atoms with E-state index in [0.717, 1.165) is 17.4 Å². The van der Waals surface area contributed by atoms with Gasteiger partial charge in [-0.25, -0.2) is 0 Å². The van der Waals surface area contributed by atoms with Gasteiger partial charge in [0.1, 0.15) is 0 Å². The number of benzene rings is 1. The highest BCUT2D eigenvalue weighted by molar-refractivity contribution is 6.31. The Bertz CT molecular complexity index is 422. The monoisotopic (exact) mass is 195 g/mol. The zero-order valence-corrected chi connectivity index (χ0v) is 7.83. The smallest absolute Gasteiger partial charge is 0.0938 e. The summed E-state index contributed by atoms with van der Waals surface area (Å²) in [5.74, 6) is 0. The van der Waals surface area contributed by atoms with Gasteiger partial charge in [-0.05, 0) is 18.2 Å². The summed E-state index contributed by atoms with van der Waals surface area (Å²) in [6, 6.07) is 5.67. The number of fused-ring (bicyclic) bond motifs is 1. The summed E-state index contributed by atoms with van der Waals surface area (Å²) in [4.78, 5) is 0. The average Bonchev–Trinajstić information content (AvgIpc) is 2.46. The molecule has 0 amide bonds. The van der Waals surface area contributed by atoms with E-state index in [1.54, 1.807) is 0 Å². The van der Waals surface area contributed by atoms with Crippen LogP contribution in [0.3, 0.4) is 0 Å². The van der Waals surface area contributed by atoms with Crippen molar-refractivity contribution in [3.05, 3.63) is 29.4 Å². The predicted molar refractivity (Wildman–Crippen MR) is 53.8 cm³/mol. The molecule has 0 atom stereocenters. The van der Waals surface area contributed by atoms with Crippen molar-refractivity contribution in [3.8, 4) is 0 Å². The highest BCUT2D eigenvalue weighted by Crippen LogP contribution is 2.17. The minimum absolute atomic E-state index is 0.599. The summed E-state index contributed by atoms with van der Waals surface area (Å²) in [6.07, 6.45) is 1.97. The van der Waals surface area contributed by atoms with Crippen LogP contribution in [0.15, 0.2) is 24.4 Å². The fourth-order valence-electron chi connectivity index (χ4n) is 1.29. The van der Waals surface area contributed by atoms with Gasteiger partial charge in [-0.1, -0.05) is 11.6 Å². The lowest BCUT2D eigenvalue weighted by Crippen LogP contribution is -2.09.